The van der Waals surface area contributed by atoms with Crippen LogP contribution in [0, 0.1) is 11.3 Å². The molecule has 0 aromatic carbocycles. The summed E-state index contributed by atoms with van der Waals surface area (Å²) >= 11 is 0. The Hall–Kier alpha value is -1.36. The standard InChI is InChI=1S/C10H10N2/c11-7-8-4-5-12-10(6-8)9-2-1-3-9/h4-6,9H,1-3H2. The molecule has 0 aliphatic heterocycles. The van der Waals surface area contributed by atoms with E-state index >= 15 is 0 Å². The highest BCUT2D eigenvalue weighted by atomic mass is 14.7. The third-order valence-corrected chi connectivity index (χ3v) is 2.43. The Morgan fingerprint density at radius 2 is 2.33 bits per heavy atom. The zero-order chi connectivity index (χ0) is 8.39. The lowest BCUT2D eigenvalue weighted by atomic mass is 9.82. The second-order valence-electron chi connectivity index (χ2n) is 3.21. The number of hydrogen-bond acceptors (Lipinski definition) is 2. The quantitative estimate of drug-likeness (QED) is 0.628. The van der Waals surface area contributed by atoms with Crippen LogP contribution in [0.2, 0.25) is 0 Å². The summed E-state index contributed by atoms with van der Waals surface area (Å²) in [7, 11) is 0. The van der Waals surface area contributed by atoms with Crippen LogP contribution in [0.3, 0.4) is 0 Å². The van der Waals surface area contributed by atoms with Crippen LogP contribution in [0.25, 0.3) is 0 Å². The topological polar surface area (TPSA) is 36.7 Å². The van der Waals surface area contributed by atoms with Gasteiger partial charge in [0.05, 0.1) is 11.6 Å². The maximum Gasteiger partial charge on any atom is 0.0992 e. The van der Waals surface area contributed by atoms with Crippen molar-refractivity contribution in [2.45, 2.75) is 25.2 Å². The molecule has 0 atom stereocenters. The Kier molecular flexibility index (Phi) is 1.79. The zero-order valence-electron chi connectivity index (χ0n) is 6.83. The van der Waals surface area contributed by atoms with Crippen LogP contribution in [0.15, 0.2) is 18.3 Å². The summed E-state index contributed by atoms with van der Waals surface area (Å²) in [5.74, 6) is 0.623. The van der Waals surface area contributed by atoms with E-state index < -0.39 is 0 Å². The molecule has 0 spiro atoms. The molecule has 1 aliphatic rings. The van der Waals surface area contributed by atoms with Gasteiger partial charge in [0.25, 0.3) is 0 Å². The smallest absolute Gasteiger partial charge is 0.0992 e. The minimum atomic E-state index is 0.623. The van der Waals surface area contributed by atoms with Gasteiger partial charge in [0.2, 0.25) is 0 Å². The van der Waals surface area contributed by atoms with E-state index in [1.807, 2.05) is 6.07 Å². The Morgan fingerprint density at radius 3 is 2.92 bits per heavy atom. The molecule has 1 heterocycles. The van der Waals surface area contributed by atoms with Gasteiger partial charge < -0.3 is 0 Å². The molecule has 2 heteroatoms. The lowest BCUT2D eigenvalue weighted by molar-refractivity contribution is 0.411. The molecular weight excluding hydrogens is 148 g/mol. The Bertz CT molecular complexity index is 321. The van der Waals surface area contributed by atoms with Gasteiger partial charge in [-0.3, -0.25) is 4.98 Å². The van der Waals surface area contributed by atoms with Crippen molar-refractivity contribution in [1.29, 1.82) is 5.26 Å². The predicted molar refractivity (Wildman–Crippen MR) is 45.5 cm³/mol. The van der Waals surface area contributed by atoms with Crippen LogP contribution in [0.4, 0.5) is 0 Å². The minimum absolute atomic E-state index is 0.623. The van der Waals surface area contributed by atoms with Crippen LogP contribution in [0.1, 0.15) is 36.4 Å². The first-order chi connectivity index (χ1) is 5.90. The van der Waals surface area contributed by atoms with Crippen LogP contribution in [-0.2, 0) is 0 Å². The highest BCUT2D eigenvalue weighted by Crippen LogP contribution is 2.35. The summed E-state index contributed by atoms with van der Waals surface area (Å²) in [5.41, 5.74) is 1.83. The van der Waals surface area contributed by atoms with E-state index in [-0.39, 0.29) is 0 Å². The summed E-state index contributed by atoms with van der Waals surface area (Å²) in [4.78, 5) is 4.26. The predicted octanol–water partition coefficient (Wildman–Crippen LogP) is 2.22. The fourth-order valence-electron chi connectivity index (χ4n) is 1.45. The molecule has 12 heavy (non-hydrogen) atoms. The molecule has 2 rings (SSSR count). The highest BCUT2D eigenvalue weighted by molar-refractivity contribution is 5.30. The van der Waals surface area contributed by atoms with Gasteiger partial charge in [0, 0.05) is 17.8 Å². The van der Waals surface area contributed by atoms with Crippen LogP contribution in [0.5, 0.6) is 0 Å². The Labute approximate surface area is 71.9 Å². The number of hydrogen-bond donors (Lipinski definition) is 0. The number of nitriles is 1. The molecule has 0 N–H and O–H groups in total. The molecule has 0 radical (unpaired) electrons. The molecule has 60 valence electrons. The summed E-state index contributed by atoms with van der Waals surface area (Å²) in [6.45, 7) is 0. The molecule has 1 saturated carbocycles. The third kappa shape index (κ3) is 1.18. The van der Waals surface area contributed by atoms with Crippen LogP contribution < -0.4 is 0 Å². The first-order valence-corrected chi connectivity index (χ1v) is 4.26. The molecule has 1 fully saturated rings. The van der Waals surface area contributed by atoms with Crippen molar-refractivity contribution in [2.24, 2.45) is 0 Å². The minimum Gasteiger partial charge on any atom is -0.261 e. The summed E-state index contributed by atoms with van der Waals surface area (Å²) < 4.78 is 0. The molecule has 0 saturated heterocycles. The van der Waals surface area contributed by atoms with Gasteiger partial charge in [0.1, 0.15) is 0 Å². The number of rotatable bonds is 1. The molecule has 0 unspecified atom stereocenters. The fraction of sp³-hybridized carbons (Fsp3) is 0.400. The van der Waals surface area contributed by atoms with E-state index in [2.05, 4.69) is 11.1 Å². The van der Waals surface area contributed by atoms with E-state index in [0.29, 0.717) is 5.92 Å². The van der Waals surface area contributed by atoms with Crippen molar-refractivity contribution in [2.75, 3.05) is 0 Å². The lowest BCUT2D eigenvalue weighted by Gasteiger charge is -2.24. The molecule has 0 bridgehead atoms. The van der Waals surface area contributed by atoms with Crippen molar-refractivity contribution in [3.63, 3.8) is 0 Å². The molecule has 0 amide bonds. The average Bonchev–Trinajstić information content (AvgIpc) is 2.02. The van der Waals surface area contributed by atoms with Crippen molar-refractivity contribution in [3.8, 4) is 6.07 Å². The van der Waals surface area contributed by atoms with Crippen molar-refractivity contribution < 1.29 is 0 Å². The number of pyridine rings is 1. The summed E-state index contributed by atoms with van der Waals surface area (Å²) in [6, 6.07) is 5.79. The van der Waals surface area contributed by atoms with Gasteiger partial charge in [-0.1, -0.05) is 6.42 Å². The maximum absolute atomic E-state index is 8.66. The zero-order valence-corrected chi connectivity index (χ0v) is 6.83. The third-order valence-electron chi connectivity index (χ3n) is 2.43. The van der Waals surface area contributed by atoms with Gasteiger partial charge >= 0.3 is 0 Å². The van der Waals surface area contributed by atoms with Gasteiger partial charge in [0.15, 0.2) is 0 Å². The van der Waals surface area contributed by atoms with E-state index in [1.165, 1.54) is 19.3 Å². The van der Waals surface area contributed by atoms with E-state index in [0.717, 1.165) is 11.3 Å². The van der Waals surface area contributed by atoms with Crippen molar-refractivity contribution in [3.05, 3.63) is 29.6 Å². The van der Waals surface area contributed by atoms with Crippen LogP contribution in [-0.4, -0.2) is 4.98 Å². The number of nitrogens with zero attached hydrogens (tertiary/aromatic N) is 2. The van der Waals surface area contributed by atoms with Crippen molar-refractivity contribution in [1.82, 2.24) is 4.98 Å². The second-order valence-corrected chi connectivity index (χ2v) is 3.21. The van der Waals surface area contributed by atoms with Crippen LogP contribution >= 0.6 is 0 Å². The Morgan fingerprint density at radius 1 is 1.50 bits per heavy atom. The SMILES string of the molecule is N#Cc1ccnc(C2CCC2)c1. The van der Waals surface area contributed by atoms with Gasteiger partial charge in [-0.15, -0.1) is 0 Å². The first kappa shape index (κ1) is 7.30. The highest BCUT2D eigenvalue weighted by Gasteiger charge is 2.20. The molecule has 1 aromatic heterocycles. The van der Waals surface area contributed by atoms with Gasteiger partial charge in [-0.2, -0.15) is 5.26 Å². The Balaban J connectivity index is 2.27. The van der Waals surface area contributed by atoms with E-state index in [9.17, 15) is 0 Å². The summed E-state index contributed by atoms with van der Waals surface area (Å²) in [6.07, 6.45) is 5.51. The number of aromatic nitrogens is 1. The molecule has 1 aliphatic carbocycles. The lowest BCUT2D eigenvalue weighted by Crippen LogP contribution is -2.10. The first-order valence-electron chi connectivity index (χ1n) is 4.26. The fourth-order valence-corrected chi connectivity index (χ4v) is 1.45. The average molecular weight is 158 g/mol. The summed E-state index contributed by atoms with van der Waals surface area (Å²) in [5, 5.41) is 8.66. The van der Waals surface area contributed by atoms with Crippen molar-refractivity contribution >= 4 is 0 Å². The van der Waals surface area contributed by atoms with E-state index in [1.54, 1.807) is 12.3 Å². The largest absolute Gasteiger partial charge is 0.261 e. The maximum atomic E-state index is 8.66. The molecule has 2 nitrogen and oxygen atoms in total. The second kappa shape index (κ2) is 2.94. The molecular formula is C10H10N2. The monoisotopic (exact) mass is 158 g/mol. The molecule has 1 aromatic rings. The van der Waals surface area contributed by atoms with E-state index in [4.69, 9.17) is 5.26 Å². The van der Waals surface area contributed by atoms with Gasteiger partial charge in [-0.05, 0) is 25.0 Å². The van der Waals surface area contributed by atoms with Gasteiger partial charge in [-0.25, -0.2) is 0 Å². The normalized spacial score (nSPS) is 16.6.